The highest BCUT2D eigenvalue weighted by atomic mass is 19.1. The summed E-state index contributed by atoms with van der Waals surface area (Å²) in [7, 11) is 0. The number of carboxylic acid groups (broad SMARTS) is 1. The summed E-state index contributed by atoms with van der Waals surface area (Å²) in [5, 5.41) is 18.7. The Morgan fingerprint density at radius 2 is 2.00 bits per heavy atom. The van der Waals surface area contributed by atoms with Crippen LogP contribution in [0.3, 0.4) is 0 Å². The van der Waals surface area contributed by atoms with Gasteiger partial charge in [-0.2, -0.15) is 0 Å². The van der Waals surface area contributed by atoms with Gasteiger partial charge in [-0.25, -0.2) is 9.07 Å². The van der Waals surface area contributed by atoms with Crippen molar-refractivity contribution >= 4 is 17.6 Å². The number of aromatic nitrogens is 3. The summed E-state index contributed by atoms with van der Waals surface area (Å²) in [6.07, 6.45) is 1.74. The molecule has 0 unspecified atom stereocenters. The monoisotopic (exact) mass is 292 g/mol. The summed E-state index contributed by atoms with van der Waals surface area (Å²) >= 11 is 0. The van der Waals surface area contributed by atoms with Gasteiger partial charge in [-0.3, -0.25) is 9.59 Å². The predicted octanol–water partition coefficient (Wildman–Crippen LogP) is 1.07. The van der Waals surface area contributed by atoms with Gasteiger partial charge in [-0.15, -0.1) is 5.10 Å². The fourth-order valence-electron chi connectivity index (χ4n) is 1.65. The molecule has 1 aromatic heterocycles. The van der Waals surface area contributed by atoms with E-state index in [2.05, 4.69) is 15.6 Å². The smallest absolute Gasteiger partial charge is 0.303 e. The molecule has 0 atom stereocenters. The molecule has 8 heteroatoms. The van der Waals surface area contributed by atoms with E-state index >= 15 is 0 Å². The molecule has 2 N–H and O–H groups in total. The Labute approximate surface area is 119 Å². The Morgan fingerprint density at radius 1 is 1.29 bits per heavy atom. The van der Waals surface area contributed by atoms with Gasteiger partial charge < -0.3 is 10.4 Å². The Bertz CT molecular complexity index is 639. The van der Waals surface area contributed by atoms with Crippen molar-refractivity contribution in [1.82, 2.24) is 15.0 Å². The standard InChI is InChI=1S/C13H13FN4O3/c14-9-1-3-10(4-2-9)15-12(19)8-18-7-11(16-17-18)5-6-13(20)21/h1-4,7H,5-6,8H2,(H,15,19)(H,20,21). The maximum Gasteiger partial charge on any atom is 0.303 e. The molecule has 0 aliphatic rings. The zero-order valence-electron chi connectivity index (χ0n) is 11.0. The lowest BCUT2D eigenvalue weighted by molar-refractivity contribution is -0.137. The number of hydrogen-bond donors (Lipinski definition) is 2. The number of aryl methyl sites for hydroxylation is 1. The molecule has 1 heterocycles. The lowest BCUT2D eigenvalue weighted by Crippen LogP contribution is -2.19. The number of carboxylic acids is 1. The van der Waals surface area contributed by atoms with Gasteiger partial charge in [0.25, 0.3) is 0 Å². The summed E-state index contributed by atoms with van der Waals surface area (Å²) in [5.74, 6) is -1.64. The Hall–Kier alpha value is -2.77. The minimum atomic E-state index is -0.918. The summed E-state index contributed by atoms with van der Waals surface area (Å²) in [6, 6.07) is 5.39. The Morgan fingerprint density at radius 3 is 2.67 bits per heavy atom. The normalized spacial score (nSPS) is 10.3. The number of amides is 1. The molecule has 1 aromatic carbocycles. The second kappa shape index (κ2) is 6.60. The van der Waals surface area contributed by atoms with Crippen LogP contribution in [-0.4, -0.2) is 32.0 Å². The molecular weight excluding hydrogens is 279 g/mol. The van der Waals surface area contributed by atoms with Gasteiger partial charge in [0.2, 0.25) is 5.91 Å². The van der Waals surface area contributed by atoms with Crippen LogP contribution in [0, 0.1) is 5.82 Å². The van der Waals surface area contributed by atoms with Gasteiger partial charge in [-0.05, 0) is 24.3 Å². The highest BCUT2D eigenvalue weighted by Gasteiger charge is 2.08. The average molecular weight is 292 g/mol. The summed E-state index contributed by atoms with van der Waals surface area (Å²) in [6.45, 7) is -0.0581. The number of aliphatic carboxylic acids is 1. The van der Waals surface area contributed by atoms with Crippen LogP contribution in [0.4, 0.5) is 10.1 Å². The molecule has 0 radical (unpaired) electrons. The van der Waals surface area contributed by atoms with Gasteiger partial charge >= 0.3 is 5.97 Å². The minimum Gasteiger partial charge on any atom is -0.481 e. The van der Waals surface area contributed by atoms with Crippen molar-refractivity contribution in [3.05, 3.63) is 42.0 Å². The first-order valence-electron chi connectivity index (χ1n) is 6.19. The summed E-state index contributed by atoms with van der Waals surface area (Å²) < 4.78 is 14.0. The van der Waals surface area contributed by atoms with Crippen LogP contribution in [0.1, 0.15) is 12.1 Å². The van der Waals surface area contributed by atoms with Crippen LogP contribution in [0.2, 0.25) is 0 Å². The maximum absolute atomic E-state index is 12.7. The van der Waals surface area contributed by atoms with E-state index in [-0.39, 0.29) is 31.1 Å². The number of carbonyl (C=O) groups excluding carboxylic acids is 1. The van der Waals surface area contributed by atoms with E-state index < -0.39 is 5.97 Å². The second-order valence-electron chi connectivity index (χ2n) is 4.36. The molecule has 0 saturated carbocycles. The summed E-state index contributed by atoms with van der Waals surface area (Å²) in [4.78, 5) is 22.2. The van der Waals surface area contributed by atoms with Crippen molar-refractivity contribution in [1.29, 1.82) is 0 Å². The lowest BCUT2D eigenvalue weighted by atomic mass is 10.2. The number of halogens is 1. The molecule has 2 rings (SSSR count). The molecule has 21 heavy (non-hydrogen) atoms. The molecule has 0 saturated heterocycles. The van der Waals surface area contributed by atoms with Crippen molar-refractivity contribution in [2.75, 3.05) is 5.32 Å². The maximum atomic E-state index is 12.7. The number of nitrogens with one attached hydrogen (secondary N) is 1. The molecule has 0 spiro atoms. The van der Waals surface area contributed by atoms with E-state index in [4.69, 9.17) is 5.11 Å². The zero-order chi connectivity index (χ0) is 15.2. The van der Waals surface area contributed by atoms with Crippen molar-refractivity contribution in [2.24, 2.45) is 0 Å². The minimum absolute atomic E-state index is 0.0412. The summed E-state index contributed by atoms with van der Waals surface area (Å²) in [5.41, 5.74) is 0.986. The molecule has 0 aliphatic heterocycles. The van der Waals surface area contributed by atoms with Crippen LogP contribution in [-0.2, 0) is 22.6 Å². The van der Waals surface area contributed by atoms with Crippen LogP contribution >= 0.6 is 0 Å². The van der Waals surface area contributed by atoms with E-state index in [0.717, 1.165) is 0 Å². The zero-order valence-corrected chi connectivity index (χ0v) is 11.0. The second-order valence-corrected chi connectivity index (χ2v) is 4.36. The van der Waals surface area contributed by atoms with Gasteiger partial charge in [0.15, 0.2) is 0 Å². The van der Waals surface area contributed by atoms with Crippen molar-refractivity contribution in [3.63, 3.8) is 0 Å². The van der Waals surface area contributed by atoms with Crippen LogP contribution in [0.15, 0.2) is 30.5 Å². The fraction of sp³-hybridized carbons (Fsp3) is 0.231. The highest BCUT2D eigenvalue weighted by Crippen LogP contribution is 2.08. The number of benzene rings is 1. The highest BCUT2D eigenvalue weighted by molar-refractivity contribution is 5.90. The topological polar surface area (TPSA) is 97.1 Å². The predicted molar refractivity (Wildman–Crippen MR) is 71.0 cm³/mol. The number of hydrogen-bond acceptors (Lipinski definition) is 4. The fourth-order valence-corrected chi connectivity index (χ4v) is 1.65. The largest absolute Gasteiger partial charge is 0.481 e. The van der Waals surface area contributed by atoms with E-state index in [9.17, 15) is 14.0 Å². The van der Waals surface area contributed by atoms with Crippen molar-refractivity contribution in [2.45, 2.75) is 19.4 Å². The third-order valence-electron chi connectivity index (χ3n) is 2.61. The third-order valence-corrected chi connectivity index (χ3v) is 2.61. The number of rotatable bonds is 6. The Balaban J connectivity index is 1.87. The SMILES string of the molecule is O=C(O)CCc1cn(CC(=O)Nc2ccc(F)cc2)nn1. The molecule has 0 fully saturated rings. The van der Waals surface area contributed by atoms with E-state index in [1.54, 1.807) is 0 Å². The van der Waals surface area contributed by atoms with Crippen LogP contribution < -0.4 is 5.32 Å². The first kappa shape index (κ1) is 14.6. The van der Waals surface area contributed by atoms with Gasteiger partial charge in [-0.1, -0.05) is 5.21 Å². The van der Waals surface area contributed by atoms with E-state index in [0.29, 0.717) is 11.4 Å². The molecule has 1 amide bonds. The first-order valence-corrected chi connectivity index (χ1v) is 6.19. The van der Waals surface area contributed by atoms with Gasteiger partial charge in [0, 0.05) is 18.3 Å². The average Bonchev–Trinajstić information content (AvgIpc) is 2.86. The van der Waals surface area contributed by atoms with Gasteiger partial charge in [0.05, 0.1) is 12.1 Å². The van der Waals surface area contributed by atoms with E-state index in [1.165, 1.54) is 35.1 Å². The lowest BCUT2D eigenvalue weighted by Gasteiger charge is -2.04. The number of anilines is 1. The first-order chi connectivity index (χ1) is 10.0. The van der Waals surface area contributed by atoms with Crippen LogP contribution in [0.5, 0.6) is 0 Å². The molecule has 110 valence electrons. The molecule has 0 aliphatic carbocycles. The van der Waals surface area contributed by atoms with Crippen LogP contribution in [0.25, 0.3) is 0 Å². The Kier molecular flexibility index (Phi) is 4.60. The molecular formula is C13H13FN4O3. The van der Waals surface area contributed by atoms with Gasteiger partial charge in [0.1, 0.15) is 12.4 Å². The van der Waals surface area contributed by atoms with E-state index in [1.807, 2.05) is 0 Å². The third kappa shape index (κ3) is 4.68. The quantitative estimate of drug-likeness (QED) is 0.830. The van der Waals surface area contributed by atoms with Crippen molar-refractivity contribution < 1.29 is 19.1 Å². The molecule has 0 bridgehead atoms. The number of carbonyl (C=O) groups is 2. The molecule has 2 aromatic rings. The van der Waals surface area contributed by atoms with Crippen molar-refractivity contribution in [3.8, 4) is 0 Å². The number of nitrogens with zero attached hydrogens (tertiary/aromatic N) is 3. The molecule has 7 nitrogen and oxygen atoms in total.